The normalized spacial score (nSPS) is 18.6. The maximum absolute atomic E-state index is 11.9. The summed E-state index contributed by atoms with van der Waals surface area (Å²) in [6.07, 6.45) is 1.56. The second-order valence-corrected chi connectivity index (χ2v) is 18.6. The van der Waals surface area contributed by atoms with E-state index in [1.807, 2.05) is 6.07 Å². The van der Waals surface area contributed by atoms with E-state index in [2.05, 4.69) is 23.3 Å². The van der Waals surface area contributed by atoms with Crippen molar-refractivity contribution >= 4 is 46.3 Å². The van der Waals surface area contributed by atoms with Crippen molar-refractivity contribution in [2.24, 2.45) is 0 Å². The molecule has 108 valence electrons. The molecule has 20 heavy (non-hydrogen) atoms. The van der Waals surface area contributed by atoms with Gasteiger partial charge in [-0.05, 0) is 0 Å². The Morgan fingerprint density at radius 1 is 1.10 bits per heavy atom. The molecule has 2 heterocycles. The molecule has 0 atom stereocenters. The maximum atomic E-state index is 11.9. The van der Waals surface area contributed by atoms with E-state index in [4.69, 9.17) is 9.47 Å². The van der Waals surface area contributed by atoms with Crippen molar-refractivity contribution in [1.29, 1.82) is 0 Å². The Hall–Kier alpha value is -1.08. The van der Waals surface area contributed by atoms with Crippen LogP contribution in [0.2, 0.25) is 17.3 Å². The summed E-state index contributed by atoms with van der Waals surface area (Å²) in [5.41, 5.74) is -0.0425. The van der Waals surface area contributed by atoms with Crippen molar-refractivity contribution in [2.45, 2.75) is 36.9 Å². The van der Waals surface area contributed by atoms with Gasteiger partial charge in [-0.3, -0.25) is 0 Å². The summed E-state index contributed by atoms with van der Waals surface area (Å²) in [5.74, 6) is 4.46. The average Bonchev–Trinajstić information content (AvgIpc) is 2.70. The summed E-state index contributed by atoms with van der Waals surface area (Å²) >= 11 is -0.245. The third-order valence-corrected chi connectivity index (χ3v) is 10.9. The second kappa shape index (κ2) is 5.04. The van der Waals surface area contributed by atoms with Crippen LogP contribution < -0.4 is 3.71 Å². The summed E-state index contributed by atoms with van der Waals surface area (Å²) in [4.78, 5) is 24.6. The first-order valence-corrected chi connectivity index (χ1v) is 14.5. The van der Waals surface area contributed by atoms with Gasteiger partial charge in [0.2, 0.25) is 0 Å². The summed E-state index contributed by atoms with van der Waals surface area (Å²) in [5, 5.41) is 0. The molecule has 0 saturated carbocycles. The van der Waals surface area contributed by atoms with Crippen LogP contribution in [0.3, 0.4) is 0 Å². The average molecular weight is 355 g/mol. The first-order valence-electron chi connectivity index (χ1n) is 6.37. The number of esters is 2. The van der Waals surface area contributed by atoms with Gasteiger partial charge in [-0.25, -0.2) is 0 Å². The van der Waals surface area contributed by atoms with Gasteiger partial charge in [0, 0.05) is 0 Å². The van der Waals surface area contributed by atoms with Crippen LogP contribution >= 0.6 is 11.3 Å². The first kappa shape index (κ1) is 15.3. The van der Waals surface area contributed by atoms with Crippen LogP contribution in [0.1, 0.15) is 18.7 Å². The standard InChI is InChI=1S/C14H18GeO4S/c1-14(2)18-12(16)10(13(17)19-14)8-9-6-7-11(20-9)15(3,4)5/h6-8H,1-5H3. The molecule has 0 N–H and O–H groups in total. The number of carbonyl (C=O) groups excluding carboxylic acids is 2. The van der Waals surface area contributed by atoms with Gasteiger partial charge in [0.05, 0.1) is 0 Å². The Morgan fingerprint density at radius 3 is 2.10 bits per heavy atom. The van der Waals surface area contributed by atoms with Gasteiger partial charge in [-0.2, -0.15) is 0 Å². The molecule has 0 unspecified atom stereocenters. The molecule has 6 heteroatoms. The van der Waals surface area contributed by atoms with Crippen molar-refractivity contribution < 1.29 is 19.1 Å². The Balaban J connectivity index is 2.29. The first-order chi connectivity index (χ1) is 9.08. The summed E-state index contributed by atoms with van der Waals surface area (Å²) in [6, 6.07) is 4.02. The number of hydrogen-bond donors (Lipinski definition) is 0. The number of ether oxygens (including phenoxy) is 2. The monoisotopic (exact) mass is 356 g/mol. The minimum atomic E-state index is -1.87. The van der Waals surface area contributed by atoms with Crippen LogP contribution in [0, 0.1) is 0 Å². The SMILES string of the molecule is CC1(C)OC(=O)C(=Cc2cc[c]([Ge]([CH3])([CH3])[CH3])s2)C(=O)O1. The topological polar surface area (TPSA) is 52.6 Å². The Bertz CT molecular complexity index is 571. The molecule has 1 saturated heterocycles. The molecule has 0 spiro atoms. The van der Waals surface area contributed by atoms with Crippen LogP contribution in [0.25, 0.3) is 6.08 Å². The number of carbonyl (C=O) groups is 2. The van der Waals surface area contributed by atoms with E-state index in [9.17, 15) is 9.59 Å². The molecule has 2 rings (SSSR count). The quantitative estimate of drug-likeness (QED) is 0.354. The molecule has 0 radical (unpaired) electrons. The third kappa shape index (κ3) is 3.32. The van der Waals surface area contributed by atoms with Crippen molar-refractivity contribution in [3.63, 3.8) is 0 Å². The van der Waals surface area contributed by atoms with E-state index in [1.165, 1.54) is 17.6 Å². The van der Waals surface area contributed by atoms with Crippen molar-refractivity contribution in [3.05, 3.63) is 22.6 Å². The van der Waals surface area contributed by atoms with E-state index in [-0.39, 0.29) is 5.57 Å². The van der Waals surface area contributed by atoms with Crippen LogP contribution in [-0.2, 0) is 19.1 Å². The molecule has 1 aliphatic heterocycles. The van der Waals surface area contributed by atoms with Gasteiger partial charge >= 0.3 is 125 Å². The molecule has 0 bridgehead atoms. The number of hydrogen-bond acceptors (Lipinski definition) is 5. The van der Waals surface area contributed by atoms with Crippen LogP contribution in [-0.4, -0.2) is 31.0 Å². The zero-order valence-electron chi connectivity index (χ0n) is 12.3. The van der Waals surface area contributed by atoms with E-state index in [0.717, 1.165) is 4.88 Å². The predicted octanol–water partition coefficient (Wildman–Crippen LogP) is 2.51. The van der Waals surface area contributed by atoms with Gasteiger partial charge in [-0.1, -0.05) is 0 Å². The van der Waals surface area contributed by atoms with Crippen molar-refractivity contribution in [2.75, 3.05) is 0 Å². The molecule has 0 amide bonds. The molecule has 0 aromatic carbocycles. The molecule has 0 aliphatic carbocycles. The van der Waals surface area contributed by atoms with Gasteiger partial charge < -0.3 is 0 Å². The van der Waals surface area contributed by atoms with E-state index < -0.39 is 31.0 Å². The van der Waals surface area contributed by atoms with E-state index >= 15 is 0 Å². The van der Waals surface area contributed by atoms with Crippen LogP contribution in [0.4, 0.5) is 0 Å². The summed E-state index contributed by atoms with van der Waals surface area (Å²) in [6.45, 7) is 3.08. The van der Waals surface area contributed by atoms with Gasteiger partial charge in [0.25, 0.3) is 0 Å². The molecule has 1 fully saturated rings. The molecular formula is C14H18GeO4S. The second-order valence-electron chi connectivity index (χ2n) is 6.19. The molecule has 1 aromatic heterocycles. The molecular weight excluding hydrogens is 337 g/mol. The zero-order valence-corrected chi connectivity index (χ0v) is 15.2. The minimum absolute atomic E-state index is 0.0425. The van der Waals surface area contributed by atoms with Crippen molar-refractivity contribution in [3.8, 4) is 0 Å². The fourth-order valence-electron chi connectivity index (χ4n) is 1.75. The van der Waals surface area contributed by atoms with E-state index in [0.29, 0.717) is 0 Å². The fraction of sp³-hybridized carbons (Fsp3) is 0.429. The van der Waals surface area contributed by atoms with Crippen LogP contribution in [0.15, 0.2) is 17.7 Å². The molecule has 1 aromatic rings. The van der Waals surface area contributed by atoms with Crippen molar-refractivity contribution in [1.82, 2.24) is 0 Å². The van der Waals surface area contributed by atoms with Gasteiger partial charge in [0.15, 0.2) is 0 Å². The van der Waals surface area contributed by atoms with Gasteiger partial charge in [-0.15, -0.1) is 0 Å². The number of cyclic esters (lactones) is 2. The Kier molecular flexibility index (Phi) is 3.86. The predicted molar refractivity (Wildman–Crippen MR) is 81.5 cm³/mol. The number of thiophene rings is 1. The molecule has 1 aliphatic rings. The Morgan fingerprint density at radius 2 is 1.65 bits per heavy atom. The third-order valence-electron chi connectivity index (χ3n) is 2.77. The van der Waals surface area contributed by atoms with E-state index in [1.54, 1.807) is 17.4 Å². The number of rotatable bonds is 2. The zero-order chi connectivity index (χ0) is 15.1. The summed E-state index contributed by atoms with van der Waals surface area (Å²) < 4.78 is 11.5. The van der Waals surface area contributed by atoms with Crippen LogP contribution in [0.5, 0.6) is 0 Å². The molecule has 4 nitrogen and oxygen atoms in total. The summed E-state index contributed by atoms with van der Waals surface area (Å²) in [7, 11) is 0. The Labute approximate surface area is 125 Å². The fourth-order valence-corrected chi connectivity index (χ4v) is 6.66. The van der Waals surface area contributed by atoms with Gasteiger partial charge in [0.1, 0.15) is 0 Å².